The van der Waals surface area contributed by atoms with Crippen LogP contribution in [0, 0.1) is 11.8 Å². The Morgan fingerprint density at radius 1 is 1.24 bits per heavy atom. The minimum absolute atomic E-state index is 0.0759. The molecule has 33 heavy (non-hydrogen) atoms. The van der Waals surface area contributed by atoms with Crippen LogP contribution in [0.4, 0.5) is 16.2 Å². The lowest BCUT2D eigenvalue weighted by Crippen LogP contribution is -2.64. The van der Waals surface area contributed by atoms with E-state index in [1.807, 2.05) is 6.92 Å². The molecule has 8 heteroatoms. The maximum Gasteiger partial charge on any atom is 0.329 e. The smallest absolute Gasteiger partial charge is 0.329 e. The molecule has 3 amide bonds. The van der Waals surface area contributed by atoms with Gasteiger partial charge in [0.25, 0.3) is 11.6 Å². The molecule has 7 nitrogen and oxygen atoms in total. The SMILES string of the molecule is CCOc1ccc(N2C(=O)Nc3ccc(Br)cc3[C@]2(O)C(=O)N[C@H]2CCC[C@@H](C)[C@@H]2C)cc1. The number of nitrogens with one attached hydrogen (secondary N) is 2. The molecule has 0 unspecified atom stereocenters. The molecule has 3 N–H and O–H groups in total. The summed E-state index contributed by atoms with van der Waals surface area (Å²) in [4.78, 5) is 28.1. The third-order valence-electron chi connectivity index (χ3n) is 6.87. The number of anilines is 2. The molecule has 1 aliphatic heterocycles. The van der Waals surface area contributed by atoms with Crippen LogP contribution in [0.2, 0.25) is 0 Å². The van der Waals surface area contributed by atoms with Crippen LogP contribution in [0.3, 0.4) is 0 Å². The number of benzene rings is 2. The fraction of sp³-hybridized carbons (Fsp3) is 0.440. The number of carbonyl (C=O) groups is 2. The van der Waals surface area contributed by atoms with Gasteiger partial charge in [-0.15, -0.1) is 0 Å². The van der Waals surface area contributed by atoms with Crippen LogP contribution < -0.4 is 20.3 Å². The van der Waals surface area contributed by atoms with Crippen LogP contribution in [-0.4, -0.2) is 29.7 Å². The highest BCUT2D eigenvalue weighted by Gasteiger charge is 2.53. The standard InChI is InChI=1S/C25H30BrN3O4/c1-4-33-19-11-9-18(10-12-19)29-24(31)28-22-13-8-17(26)14-20(22)25(29,32)23(30)27-21-7-5-6-15(2)16(21)3/h8-16,21,32H,4-7H2,1-3H3,(H,27,30)(H,28,31)/t15-,16+,21+,25+/m1/s1. The van der Waals surface area contributed by atoms with Crippen molar-refractivity contribution in [1.82, 2.24) is 5.32 Å². The molecule has 1 aliphatic carbocycles. The molecule has 0 spiro atoms. The highest BCUT2D eigenvalue weighted by molar-refractivity contribution is 9.10. The van der Waals surface area contributed by atoms with Gasteiger partial charge in [0.1, 0.15) is 5.75 Å². The average Bonchev–Trinajstić information content (AvgIpc) is 2.79. The predicted molar refractivity (Wildman–Crippen MR) is 131 cm³/mol. The van der Waals surface area contributed by atoms with E-state index in [0.29, 0.717) is 39.7 Å². The second-order valence-electron chi connectivity index (χ2n) is 8.90. The summed E-state index contributed by atoms with van der Waals surface area (Å²) in [6.07, 6.45) is 2.97. The molecule has 2 aromatic rings. The Balaban J connectivity index is 1.77. The first-order valence-electron chi connectivity index (χ1n) is 11.4. The summed E-state index contributed by atoms with van der Waals surface area (Å²) in [5.41, 5.74) is -1.15. The van der Waals surface area contributed by atoms with Crippen LogP contribution in [0.1, 0.15) is 45.6 Å². The van der Waals surface area contributed by atoms with Crippen molar-refractivity contribution in [1.29, 1.82) is 0 Å². The lowest BCUT2D eigenvalue weighted by molar-refractivity contribution is -0.141. The van der Waals surface area contributed by atoms with Crippen LogP contribution in [-0.2, 0) is 10.5 Å². The minimum Gasteiger partial charge on any atom is -0.494 e. The molecule has 1 heterocycles. The first kappa shape index (κ1) is 23.6. The van der Waals surface area contributed by atoms with E-state index in [-0.39, 0.29) is 12.0 Å². The van der Waals surface area contributed by atoms with Crippen LogP contribution in [0.15, 0.2) is 46.9 Å². The largest absolute Gasteiger partial charge is 0.494 e. The van der Waals surface area contributed by atoms with Gasteiger partial charge in [-0.3, -0.25) is 9.69 Å². The zero-order valence-corrected chi connectivity index (χ0v) is 20.7. The number of aliphatic hydroxyl groups is 1. The summed E-state index contributed by atoms with van der Waals surface area (Å²) in [5.74, 6) is 0.762. The summed E-state index contributed by atoms with van der Waals surface area (Å²) in [6, 6.07) is 11.2. The van der Waals surface area contributed by atoms with Crippen molar-refractivity contribution in [3.63, 3.8) is 0 Å². The lowest BCUT2D eigenvalue weighted by atomic mass is 9.78. The molecule has 0 radical (unpaired) electrons. The molecule has 0 aromatic heterocycles. The van der Waals surface area contributed by atoms with Crippen molar-refractivity contribution < 1.29 is 19.4 Å². The number of halogens is 1. The summed E-state index contributed by atoms with van der Waals surface area (Å²) in [6.45, 7) is 6.71. The van der Waals surface area contributed by atoms with Gasteiger partial charge in [-0.2, -0.15) is 0 Å². The highest BCUT2D eigenvalue weighted by atomic mass is 79.9. The van der Waals surface area contributed by atoms with E-state index in [4.69, 9.17) is 4.74 Å². The normalized spacial score (nSPS) is 26.9. The van der Waals surface area contributed by atoms with Crippen LogP contribution in [0.25, 0.3) is 0 Å². The lowest BCUT2D eigenvalue weighted by Gasteiger charge is -2.44. The second-order valence-corrected chi connectivity index (χ2v) is 9.82. The third kappa shape index (κ3) is 4.34. The number of amides is 3. The van der Waals surface area contributed by atoms with Gasteiger partial charge in [0.05, 0.1) is 12.3 Å². The van der Waals surface area contributed by atoms with Gasteiger partial charge in [0.15, 0.2) is 0 Å². The summed E-state index contributed by atoms with van der Waals surface area (Å²) in [7, 11) is 0. The predicted octanol–water partition coefficient (Wildman–Crippen LogP) is 4.99. The maximum absolute atomic E-state index is 13.8. The van der Waals surface area contributed by atoms with Gasteiger partial charge in [-0.25, -0.2) is 4.79 Å². The van der Waals surface area contributed by atoms with Crippen molar-refractivity contribution in [2.24, 2.45) is 11.8 Å². The van der Waals surface area contributed by atoms with Gasteiger partial charge >= 0.3 is 6.03 Å². The fourth-order valence-corrected chi connectivity index (χ4v) is 5.15. The van der Waals surface area contributed by atoms with Crippen LogP contribution >= 0.6 is 15.9 Å². The number of hydrogen-bond donors (Lipinski definition) is 3. The van der Waals surface area contributed by atoms with Crippen molar-refractivity contribution in [3.8, 4) is 5.75 Å². The van der Waals surface area contributed by atoms with Gasteiger partial charge in [-0.05, 0) is 67.6 Å². The Labute approximate surface area is 202 Å². The average molecular weight is 516 g/mol. The summed E-state index contributed by atoms with van der Waals surface area (Å²) in [5, 5.41) is 17.9. The first-order valence-corrected chi connectivity index (χ1v) is 12.2. The van der Waals surface area contributed by atoms with Gasteiger partial charge < -0.3 is 20.5 Å². The Bertz CT molecular complexity index is 1040. The number of fused-ring (bicyclic) bond motifs is 1. The number of ether oxygens (including phenoxy) is 1. The minimum atomic E-state index is -2.23. The monoisotopic (exact) mass is 515 g/mol. The summed E-state index contributed by atoms with van der Waals surface area (Å²) >= 11 is 3.43. The van der Waals surface area contributed by atoms with Crippen LogP contribution in [0.5, 0.6) is 5.75 Å². The van der Waals surface area contributed by atoms with Crippen molar-refractivity contribution >= 4 is 39.2 Å². The van der Waals surface area contributed by atoms with Gasteiger partial charge in [-0.1, -0.05) is 42.6 Å². The summed E-state index contributed by atoms with van der Waals surface area (Å²) < 4.78 is 6.19. The Kier molecular flexibility index (Phi) is 6.68. The molecule has 0 saturated heterocycles. The zero-order chi connectivity index (χ0) is 23.8. The maximum atomic E-state index is 13.8. The molecule has 176 valence electrons. The number of carbonyl (C=O) groups excluding carboxylic acids is 2. The third-order valence-corrected chi connectivity index (χ3v) is 7.36. The molecule has 4 rings (SSSR count). The van der Waals surface area contributed by atoms with E-state index in [9.17, 15) is 14.7 Å². The van der Waals surface area contributed by atoms with Crippen molar-refractivity contribution in [2.75, 3.05) is 16.8 Å². The molecule has 1 saturated carbocycles. The molecular weight excluding hydrogens is 486 g/mol. The topological polar surface area (TPSA) is 90.9 Å². The Morgan fingerprint density at radius 3 is 2.67 bits per heavy atom. The quantitative estimate of drug-likeness (QED) is 0.523. The fourth-order valence-electron chi connectivity index (χ4n) is 4.79. The Hall–Kier alpha value is -2.58. The number of hydrogen-bond acceptors (Lipinski definition) is 4. The molecule has 4 atom stereocenters. The molecular formula is C25H30BrN3O4. The van der Waals surface area contributed by atoms with E-state index in [1.54, 1.807) is 42.5 Å². The Morgan fingerprint density at radius 2 is 1.97 bits per heavy atom. The van der Waals surface area contributed by atoms with Crippen molar-refractivity contribution in [2.45, 2.75) is 51.8 Å². The second kappa shape index (κ2) is 9.35. The van der Waals surface area contributed by atoms with Crippen molar-refractivity contribution in [3.05, 3.63) is 52.5 Å². The molecule has 1 fully saturated rings. The number of urea groups is 1. The molecule has 2 aliphatic rings. The zero-order valence-electron chi connectivity index (χ0n) is 19.1. The van der Waals surface area contributed by atoms with E-state index in [2.05, 4.69) is 40.4 Å². The van der Waals surface area contributed by atoms with Gasteiger partial charge in [0, 0.05) is 21.8 Å². The molecule has 0 bridgehead atoms. The first-order chi connectivity index (χ1) is 15.8. The van der Waals surface area contributed by atoms with Gasteiger partial charge in [0.2, 0.25) is 0 Å². The highest BCUT2D eigenvalue weighted by Crippen LogP contribution is 2.42. The number of rotatable bonds is 5. The number of nitrogens with zero attached hydrogens (tertiary/aromatic N) is 1. The van der Waals surface area contributed by atoms with E-state index in [1.165, 1.54) is 0 Å². The molecule has 2 aromatic carbocycles. The van der Waals surface area contributed by atoms with E-state index in [0.717, 1.165) is 24.2 Å². The van der Waals surface area contributed by atoms with E-state index < -0.39 is 17.7 Å². The van der Waals surface area contributed by atoms with E-state index >= 15 is 0 Å².